The Bertz CT molecular complexity index is 402. The summed E-state index contributed by atoms with van der Waals surface area (Å²) in [4.78, 5) is 0. The molecule has 14 heavy (non-hydrogen) atoms. The molecule has 70 valence electrons. The summed E-state index contributed by atoms with van der Waals surface area (Å²) < 4.78 is 5.41. The first-order chi connectivity index (χ1) is 6.95. The van der Waals surface area contributed by atoms with Crippen LogP contribution in [-0.2, 0) is 0 Å². The fraction of sp³-hybridized carbons (Fsp3) is 0.231. The lowest BCUT2D eigenvalue weighted by Gasteiger charge is -1.97. The van der Waals surface area contributed by atoms with Crippen LogP contribution >= 0.6 is 0 Å². The van der Waals surface area contributed by atoms with E-state index in [1.807, 2.05) is 6.07 Å². The minimum atomic E-state index is 0.618. The number of furan rings is 1. The molecule has 3 rings (SSSR count). The van der Waals surface area contributed by atoms with Gasteiger partial charge in [0.05, 0.1) is 6.26 Å². The Morgan fingerprint density at radius 2 is 1.79 bits per heavy atom. The molecule has 0 radical (unpaired) electrons. The molecule has 2 atom stereocenters. The third-order valence-corrected chi connectivity index (χ3v) is 2.93. The van der Waals surface area contributed by atoms with Crippen molar-refractivity contribution >= 4 is 0 Å². The standard InChI is InChI=1S/C13H12O/c1-2-5-10(6-3-1)11-9-12(11)13-7-4-8-14-13/h1-8,11-12H,9H2/t11-,12+/m1/s1. The van der Waals surface area contributed by atoms with Gasteiger partial charge >= 0.3 is 0 Å². The van der Waals surface area contributed by atoms with Crippen molar-refractivity contribution in [3.63, 3.8) is 0 Å². The fourth-order valence-electron chi connectivity index (χ4n) is 2.08. The van der Waals surface area contributed by atoms with Crippen LogP contribution in [0.2, 0.25) is 0 Å². The highest BCUT2D eigenvalue weighted by molar-refractivity contribution is 5.32. The molecule has 0 spiro atoms. The number of hydrogen-bond donors (Lipinski definition) is 0. The highest BCUT2D eigenvalue weighted by Crippen LogP contribution is 2.54. The smallest absolute Gasteiger partial charge is 0.107 e. The van der Waals surface area contributed by atoms with Gasteiger partial charge < -0.3 is 4.42 Å². The first kappa shape index (κ1) is 7.86. The van der Waals surface area contributed by atoms with Gasteiger partial charge in [-0.25, -0.2) is 0 Å². The maximum Gasteiger partial charge on any atom is 0.107 e. The Balaban J connectivity index is 1.81. The summed E-state index contributed by atoms with van der Waals surface area (Å²) >= 11 is 0. The first-order valence-corrected chi connectivity index (χ1v) is 5.03. The molecule has 1 heterocycles. The lowest BCUT2D eigenvalue weighted by molar-refractivity contribution is 0.509. The predicted octanol–water partition coefficient (Wildman–Crippen LogP) is 3.55. The first-order valence-electron chi connectivity index (χ1n) is 5.03. The monoisotopic (exact) mass is 184 g/mol. The molecular formula is C13H12O. The van der Waals surface area contributed by atoms with Crippen molar-refractivity contribution in [2.45, 2.75) is 18.3 Å². The van der Waals surface area contributed by atoms with Crippen molar-refractivity contribution in [1.29, 1.82) is 0 Å². The average Bonchev–Trinajstić information content (AvgIpc) is 2.87. The number of hydrogen-bond acceptors (Lipinski definition) is 1. The second kappa shape index (κ2) is 3.02. The molecule has 1 aromatic heterocycles. The zero-order valence-electron chi connectivity index (χ0n) is 7.89. The van der Waals surface area contributed by atoms with E-state index < -0.39 is 0 Å². The maximum absolute atomic E-state index is 5.41. The van der Waals surface area contributed by atoms with Crippen molar-refractivity contribution in [3.05, 3.63) is 60.1 Å². The summed E-state index contributed by atoms with van der Waals surface area (Å²) in [6.45, 7) is 0. The molecule has 1 saturated carbocycles. The van der Waals surface area contributed by atoms with Gasteiger partial charge in [-0.3, -0.25) is 0 Å². The van der Waals surface area contributed by atoms with Crippen LogP contribution in [0, 0.1) is 0 Å². The Morgan fingerprint density at radius 3 is 2.50 bits per heavy atom. The molecule has 1 fully saturated rings. The van der Waals surface area contributed by atoms with Crippen molar-refractivity contribution < 1.29 is 4.42 Å². The molecule has 2 aromatic rings. The zero-order valence-corrected chi connectivity index (χ0v) is 7.89. The van der Waals surface area contributed by atoms with Gasteiger partial charge in [0.1, 0.15) is 5.76 Å². The molecule has 1 aromatic carbocycles. The largest absolute Gasteiger partial charge is 0.469 e. The van der Waals surface area contributed by atoms with E-state index in [0.29, 0.717) is 11.8 Å². The van der Waals surface area contributed by atoms with Gasteiger partial charge in [0, 0.05) is 5.92 Å². The van der Waals surface area contributed by atoms with Gasteiger partial charge in [0.15, 0.2) is 0 Å². The van der Waals surface area contributed by atoms with Gasteiger partial charge in [-0.15, -0.1) is 0 Å². The zero-order chi connectivity index (χ0) is 9.38. The van der Waals surface area contributed by atoms with E-state index in [4.69, 9.17) is 4.42 Å². The maximum atomic E-state index is 5.41. The second-order valence-electron chi connectivity index (χ2n) is 3.87. The lowest BCUT2D eigenvalue weighted by Crippen LogP contribution is -1.80. The molecule has 1 aliphatic rings. The minimum Gasteiger partial charge on any atom is -0.469 e. The Kier molecular flexibility index (Phi) is 1.69. The average molecular weight is 184 g/mol. The Hall–Kier alpha value is -1.50. The van der Waals surface area contributed by atoms with E-state index in [9.17, 15) is 0 Å². The van der Waals surface area contributed by atoms with Gasteiger partial charge in [-0.05, 0) is 30.0 Å². The normalized spacial score (nSPS) is 24.9. The molecule has 1 heteroatoms. The van der Waals surface area contributed by atoms with Crippen LogP contribution in [-0.4, -0.2) is 0 Å². The summed E-state index contributed by atoms with van der Waals surface area (Å²) in [6.07, 6.45) is 2.99. The quantitative estimate of drug-likeness (QED) is 0.695. The number of benzene rings is 1. The van der Waals surface area contributed by atoms with Gasteiger partial charge in [0.2, 0.25) is 0 Å². The Labute approximate surface area is 83.4 Å². The third-order valence-electron chi connectivity index (χ3n) is 2.93. The van der Waals surface area contributed by atoms with Crippen LogP contribution in [0.5, 0.6) is 0 Å². The highest BCUT2D eigenvalue weighted by atomic mass is 16.3. The lowest BCUT2D eigenvalue weighted by atomic mass is 10.1. The van der Waals surface area contributed by atoms with Crippen LogP contribution < -0.4 is 0 Å². The molecule has 1 nitrogen and oxygen atoms in total. The molecule has 0 N–H and O–H groups in total. The van der Waals surface area contributed by atoms with Gasteiger partial charge in [0.25, 0.3) is 0 Å². The topological polar surface area (TPSA) is 13.1 Å². The Morgan fingerprint density at radius 1 is 0.929 bits per heavy atom. The highest BCUT2D eigenvalue weighted by Gasteiger charge is 2.41. The fourth-order valence-corrected chi connectivity index (χ4v) is 2.08. The van der Waals surface area contributed by atoms with Crippen molar-refractivity contribution in [3.8, 4) is 0 Å². The molecule has 0 bridgehead atoms. The van der Waals surface area contributed by atoms with Crippen molar-refractivity contribution in [2.75, 3.05) is 0 Å². The van der Waals surface area contributed by atoms with Crippen molar-refractivity contribution in [2.24, 2.45) is 0 Å². The van der Waals surface area contributed by atoms with E-state index in [1.165, 1.54) is 12.0 Å². The summed E-state index contributed by atoms with van der Waals surface area (Å²) in [7, 11) is 0. The summed E-state index contributed by atoms with van der Waals surface area (Å²) in [5.74, 6) is 2.44. The summed E-state index contributed by atoms with van der Waals surface area (Å²) in [6, 6.07) is 14.7. The second-order valence-corrected chi connectivity index (χ2v) is 3.87. The van der Waals surface area contributed by atoms with Crippen LogP contribution in [0.3, 0.4) is 0 Å². The van der Waals surface area contributed by atoms with Crippen LogP contribution in [0.4, 0.5) is 0 Å². The molecule has 0 aliphatic heterocycles. The van der Waals surface area contributed by atoms with Crippen molar-refractivity contribution in [1.82, 2.24) is 0 Å². The summed E-state index contributed by atoms with van der Waals surface area (Å²) in [5, 5.41) is 0. The SMILES string of the molecule is c1ccc([C@H]2C[C@@H]2c2ccco2)cc1. The third kappa shape index (κ3) is 1.25. The molecule has 0 saturated heterocycles. The van der Waals surface area contributed by atoms with Gasteiger partial charge in [-0.1, -0.05) is 30.3 Å². The molecule has 0 unspecified atom stereocenters. The van der Waals surface area contributed by atoms with E-state index >= 15 is 0 Å². The van der Waals surface area contributed by atoms with E-state index in [1.54, 1.807) is 6.26 Å². The minimum absolute atomic E-state index is 0.618. The molecular weight excluding hydrogens is 172 g/mol. The molecule has 1 aliphatic carbocycles. The van der Waals surface area contributed by atoms with Crippen LogP contribution in [0.1, 0.15) is 29.6 Å². The number of rotatable bonds is 2. The van der Waals surface area contributed by atoms with Crippen LogP contribution in [0.25, 0.3) is 0 Å². The van der Waals surface area contributed by atoms with E-state index in [2.05, 4.69) is 36.4 Å². The van der Waals surface area contributed by atoms with Gasteiger partial charge in [-0.2, -0.15) is 0 Å². The van der Waals surface area contributed by atoms with Crippen LogP contribution in [0.15, 0.2) is 53.1 Å². The predicted molar refractivity (Wildman–Crippen MR) is 55.2 cm³/mol. The van der Waals surface area contributed by atoms with E-state index in [0.717, 1.165) is 5.76 Å². The summed E-state index contributed by atoms with van der Waals surface area (Å²) in [5.41, 5.74) is 1.44. The van der Waals surface area contributed by atoms with E-state index in [-0.39, 0.29) is 0 Å². The molecule has 0 amide bonds.